The van der Waals surface area contributed by atoms with Gasteiger partial charge in [0, 0.05) is 13.1 Å². The first kappa shape index (κ1) is 10.7. The normalized spacial score (nSPS) is 9.93. The van der Waals surface area contributed by atoms with Crippen molar-refractivity contribution < 1.29 is 4.79 Å². The zero-order valence-electron chi connectivity index (χ0n) is 8.95. The van der Waals surface area contributed by atoms with E-state index in [4.69, 9.17) is 0 Å². The minimum Gasteiger partial charge on any atom is -0.357 e. The van der Waals surface area contributed by atoms with E-state index < -0.39 is 0 Å². The van der Waals surface area contributed by atoms with Crippen molar-refractivity contribution in [1.82, 2.24) is 4.98 Å². The molecule has 1 aromatic rings. The number of carbonyl (C=O) groups is 1. The highest BCUT2D eigenvalue weighted by Gasteiger charge is 2.07. The second kappa shape index (κ2) is 4.74. The van der Waals surface area contributed by atoms with Crippen LogP contribution in [0.3, 0.4) is 0 Å². The van der Waals surface area contributed by atoms with Crippen LogP contribution in [0.1, 0.15) is 29.9 Å². The molecule has 76 valence electrons. The highest BCUT2D eigenvalue weighted by atomic mass is 16.1. The molecule has 0 atom stereocenters. The van der Waals surface area contributed by atoms with Gasteiger partial charge in [-0.05, 0) is 32.4 Å². The molecule has 0 fully saturated rings. The van der Waals surface area contributed by atoms with Gasteiger partial charge in [0.15, 0.2) is 6.29 Å². The highest BCUT2D eigenvalue weighted by molar-refractivity contribution is 5.73. The summed E-state index contributed by atoms with van der Waals surface area (Å²) in [4.78, 5) is 17.0. The number of hydrogen-bond acceptors (Lipinski definition) is 3. The van der Waals surface area contributed by atoms with Gasteiger partial charge < -0.3 is 4.90 Å². The van der Waals surface area contributed by atoms with Crippen LogP contribution in [0.5, 0.6) is 0 Å². The molecule has 1 aromatic heterocycles. The number of carbonyl (C=O) groups excluding carboxylic acids is 1. The van der Waals surface area contributed by atoms with Crippen LogP contribution >= 0.6 is 0 Å². The molecule has 0 saturated heterocycles. The van der Waals surface area contributed by atoms with Crippen molar-refractivity contribution >= 4 is 12.1 Å². The minimum atomic E-state index is 0.498. The fourth-order valence-corrected chi connectivity index (χ4v) is 1.44. The number of aldehydes is 1. The quantitative estimate of drug-likeness (QED) is 0.684. The first-order valence-corrected chi connectivity index (χ1v) is 4.90. The van der Waals surface area contributed by atoms with Crippen LogP contribution in [0.25, 0.3) is 0 Å². The lowest BCUT2D eigenvalue weighted by atomic mass is 10.2. The predicted molar refractivity (Wildman–Crippen MR) is 57.9 cm³/mol. The van der Waals surface area contributed by atoms with Crippen LogP contribution in [0.2, 0.25) is 0 Å². The van der Waals surface area contributed by atoms with Crippen LogP contribution in [0, 0.1) is 6.92 Å². The zero-order valence-corrected chi connectivity index (χ0v) is 8.95. The summed E-state index contributed by atoms with van der Waals surface area (Å²) >= 11 is 0. The van der Waals surface area contributed by atoms with Gasteiger partial charge in [-0.3, -0.25) is 4.79 Å². The first-order valence-electron chi connectivity index (χ1n) is 4.90. The molecule has 3 nitrogen and oxygen atoms in total. The molecule has 0 radical (unpaired) electrons. The number of pyridine rings is 1. The summed E-state index contributed by atoms with van der Waals surface area (Å²) < 4.78 is 0. The Labute approximate surface area is 84.8 Å². The smallest absolute Gasteiger partial charge is 0.168 e. The zero-order chi connectivity index (χ0) is 10.6. The molecule has 0 unspecified atom stereocenters. The van der Waals surface area contributed by atoms with E-state index in [0.717, 1.165) is 30.8 Å². The summed E-state index contributed by atoms with van der Waals surface area (Å²) in [6.07, 6.45) is 0.784. The maximum absolute atomic E-state index is 10.6. The van der Waals surface area contributed by atoms with Gasteiger partial charge >= 0.3 is 0 Å². The summed E-state index contributed by atoms with van der Waals surface area (Å²) in [5.41, 5.74) is 1.61. The largest absolute Gasteiger partial charge is 0.357 e. The van der Waals surface area contributed by atoms with E-state index >= 15 is 0 Å². The van der Waals surface area contributed by atoms with E-state index in [1.807, 2.05) is 13.0 Å². The lowest BCUT2D eigenvalue weighted by Gasteiger charge is -2.21. The Morgan fingerprint density at radius 1 is 1.36 bits per heavy atom. The Kier molecular flexibility index (Phi) is 3.63. The standard InChI is InChI=1S/C11H16N2O/c1-4-13(5-2)11-9(3)6-7-10(8-14)12-11/h6-8H,4-5H2,1-3H3. The Bertz CT molecular complexity index is 319. The van der Waals surface area contributed by atoms with Gasteiger partial charge in [-0.2, -0.15) is 0 Å². The topological polar surface area (TPSA) is 33.2 Å². The van der Waals surface area contributed by atoms with Gasteiger partial charge in [0.25, 0.3) is 0 Å². The fraction of sp³-hybridized carbons (Fsp3) is 0.455. The molecule has 0 aliphatic rings. The van der Waals surface area contributed by atoms with Crippen LogP contribution in [-0.4, -0.2) is 24.4 Å². The number of aromatic nitrogens is 1. The molecule has 0 aliphatic carbocycles. The Balaban J connectivity index is 3.10. The third-order valence-corrected chi connectivity index (χ3v) is 2.28. The van der Waals surface area contributed by atoms with Crippen molar-refractivity contribution in [3.8, 4) is 0 Å². The first-order chi connectivity index (χ1) is 6.72. The molecule has 0 aliphatic heterocycles. The summed E-state index contributed by atoms with van der Waals surface area (Å²) in [6.45, 7) is 7.99. The number of hydrogen-bond donors (Lipinski definition) is 0. The number of rotatable bonds is 4. The van der Waals surface area contributed by atoms with Gasteiger partial charge in [0.05, 0.1) is 0 Å². The van der Waals surface area contributed by atoms with Crippen LogP contribution < -0.4 is 4.90 Å². The van der Waals surface area contributed by atoms with Gasteiger partial charge in [-0.25, -0.2) is 4.98 Å². The summed E-state index contributed by atoms with van der Waals surface area (Å²) in [7, 11) is 0. The van der Waals surface area contributed by atoms with Crippen molar-refractivity contribution in [2.24, 2.45) is 0 Å². The molecule has 3 heteroatoms. The van der Waals surface area contributed by atoms with Crippen LogP contribution in [0.4, 0.5) is 5.82 Å². The van der Waals surface area contributed by atoms with E-state index in [1.54, 1.807) is 6.07 Å². The highest BCUT2D eigenvalue weighted by Crippen LogP contribution is 2.16. The van der Waals surface area contributed by atoms with Crippen molar-refractivity contribution in [1.29, 1.82) is 0 Å². The van der Waals surface area contributed by atoms with E-state index in [-0.39, 0.29) is 0 Å². The molecular weight excluding hydrogens is 176 g/mol. The number of anilines is 1. The molecule has 0 aromatic carbocycles. The number of nitrogens with zero attached hydrogens (tertiary/aromatic N) is 2. The SMILES string of the molecule is CCN(CC)c1nc(C=O)ccc1C. The average molecular weight is 192 g/mol. The summed E-state index contributed by atoms with van der Waals surface area (Å²) in [5, 5.41) is 0. The van der Waals surface area contributed by atoms with Crippen molar-refractivity contribution in [2.75, 3.05) is 18.0 Å². The Hall–Kier alpha value is -1.38. The average Bonchev–Trinajstić information content (AvgIpc) is 2.22. The lowest BCUT2D eigenvalue weighted by Crippen LogP contribution is -2.24. The van der Waals surface area contributed by atoms with Crippen molar-refractivity contribution in [3.05, 3.63) is 23.4 Å². The molecule has 14 heavy (non-hydrogen) atoms. The summed E-state index contributed by atoms with van der Waals surface area (Å²) in [5.74, 6) is 0.916. The fourth-order valence-electron chi connectivity index (χ4n) is 1.44. The van der Waals surface area contributed by atoms with Gasteiger partial charge in [-0.1, -0.05) is 6.07 Å². The van der Waals surface area contributed by atoms with Crippen molar-refractivity contribution in [2.45, 2.75) is 20.8 Å². The molecule has 0 bridgehead atoms. The monoisotopic (exact) mass is 192 g/mol. The molecule has 0 N–H and O–H groups in total. The van der Waals surface area contributed by atoms with Crippen LogP contribution in [-0.2, 0) is 0 Å². The molecule has 1 heterocycles. The predicted octanol–water partition coefficient (Wildman–Crippen LogP) is 2.05. The number of aryl methyl sites for hydroxylation is 1. The summed E-state index contributed by atoms with van der Waals surface area (Å²) in [6, 6.07) is 3.68. The maximum Gasteiger partial charge on any atom is 0.168 e. The minimum absolute atomic E-state index is 0.498. The molecule has 0 spiro atoms. The maximum atomic E-state index is 10.6. The Morgan fingerprint density at radius 3 is 2.50 bits per heavy atom. The second-order valence-corrected chi connectivity index (χ2v) is 3.17. The van der Waals surface area contributed by atoms with E-state index in [9.17, 15) is 4.79 Å². The molecule has 0 amide bonds. The Morgan fingerprint density at radius 2 is 2.00 bits per heavy atom. The molecule has 0 saturated carbocycles. The van der Waals surface area contributed by atoms with E-state index in [2.05, 4.69) is 23.7 Å². The lowest BCUT2D eigenvalue weighted by molar-refractivity contribution is 0.111. The molecule has 1 rings (SSSR count). The van der Waals surface area contributed by atoms with Crippen LogP contribution in [0.15, 0.2) is 12.1 Å². The third-order valence-electron chi connectivity index (χ3n) is 2.28. The van der Waals surface area contributed by atoms with E-state index in [1.165, 1.54) is 0 Å². The molecular formula is C11H16N2O. The van der Waals surface area contributed by atoms with Gasteiger partial charge in [0.2, 0.25) is 0 Å². The van der Waals surface area contributed by atoms with Gasteiger partial charge in [0.1, 0.15) is 11.5 Å². The second-order valence-electron chi connectivity index (χ2n) is 3.17. The van der Waals surface area contributed by atoms with E-state index in [0.29, 0.717) is 5.69 Å². The van der Waals surface area contributed by atoms with Gasteiger partial charge in [-0.15, -0.1) is 0 Å². The third kappa shape index (κ3) is 2.10. The van der Waals surface area contributed by atoms with Crippen molar-refractivity contribution in [3.63, 3.8) is 0 Å².